The van der Waals surface area contributed by atoms with Crippen LogP contribution in [0.2, 0.25) is 0 Å². The number of benzene rings is 2. The Bertz CT molecular complexity index is 1260. The summed E-state index contributed by atoms with van der Waals surface area (Å²) >= 11 is 1.52. The summed E-state index contributed by atoms with van der Waals surface area (Å²) in [6.07, 6.45) is 1.94. The Morgan fingerprint density at radius 2 is 1.84 bits per heavy atom. The highest BCUT2D eigenvalue weighted by molar-refractivity contribution is 7.98. The van der Waals surface area contributed by atoms with Crippen molar-refractivity contribution in [2.45, 2.75) is 37.0 Å². The predicted molar refractivity (Wildman–Crippen MR) is 122 cm³/mol. The summed E-state index contributed by atoms with van der Waals surface area (Å²) in [6.45, 7) is 3.97. The number of para-hydroxylation sites is 1. The molecule has 0 unspecified atom stereocenters. The maximum atomic E-state index is 12.6. The Hall–Kier alpha value is -3.39. The first-order valence-corrected chi connectivity index (χ1v) is 11.0. The Labute approximate surface area is 184 Å². The van der Waals surface area contributed by atoms with Gasteiger partial charge in [0.05, 0.1) is 17.8 Å². The molecule has 4 aromatic rings. The third-order valence-electron chi connectivity index (χ3n) is 4.73. The third kappa shape index (κ3) is 4.86. The average molecular weight is 434 g/mol. The highest BCUT2D eigenvalue weighted by Gasteiger charge is 2.12. The van der Waals surface area contributed by atoms with E-state index in [9.17, 15) is 9.59 Å². The van der Waals surface area contributed by atoms with Gasteiger partial charge in [-0.25, -0.2) is 4.98 Å². The van der Waals surface area contributed by atoms with E-state index in [2.05, 4.69) is 15.3 Å². The molecule has 0 bridgehead atoms. The zero-order valence-corrected chi connectivity index (χ0v) is 18.2. The van der Waals surface area contributed by atoms with Crippen LogP contribution in [0.3, 0.4) is 0 Å². The Morgan fingerprint density at radius 3 is 2.61 bits per heavy atom. The lowest BCUT2D eigenvalue weighted by atomic mass is 10.1. The van der Waals surface area contributed by atoms with E-state index in [1.807, 2.05) is 68.4 Å². The zero-order chi connectivity index (χ0) is 21.8. The van der Waals surface area contributed by atoms with Crippen molar-refractivity contribution in [1.82, 2.24) is 19.2 Å². The molecule has 0 spiro atoms. The van der Waals surface area contributed by atoms with E-state index < -0.39 is 0 Å². The van der Waals surface area contributed by atoms with Gasteiger partial charge in [0, 0.05) is 22.8 Å². The van der Waals surface area contributed by atoms with Crippen molar-refractivity contribution in [3.05, 3.63) is 88.6 Å². The van der Waals surface area contributed by atoms with Crippen LogP contribution in [0, 0.1) is 0 Å². The molecule has 1 N–H and O–H groups in total. The summed E-state index contributed by atoms with van der Waals surface area (Å²) in [6, 6.07) is 18.9. The second kappa shape index (κ2) is 9.18. The Balaban J connectivity index is 1.48. The number of carbonyl (C=O) groups is 1. The molecule has 8 heteroatoms. The molecule has 0 radical (unpaired) electrons. The molecule has 2 aromatic carbocycles. The fraction of sp³-hybridized carbons (Fsp3) is 0.217. The minimum absolute atomic E-state index is 0.0729. The minimum Gasteiger partial charge on any atom is -0.325 e. The molecule has 0 fully saturated rings. The maximum Gasteiger partial charge on any atom is 0.274 e. The van der Waals surface area contributed by atoms with Crippen LogP contribution in [0.15, 0.2) is 76.7 Å². The van der Waals surface area contributed by atoms with Gasteiger partial charge in [0.25, 0.3) is 11.3 Å². The first kappa shape index (κ1) is 20.9. The molecule has 4 rings (SSSR count). The largest absolute Gasteiger partial charge is 0.325 e. The number of aromatic nitrogens is 4. The minimum atomic E-state index is -0.156. The molecule has 0 aliphatic heterocycles. The van der Waals surface area contributed by atoms with Gasteiger partial charge in [0.15, 0.2) is 0 Å². The summed E-state index contributed by atoms with van der Waals surface area (Å²) in [5, 5.41) is 2.99. The number of anilines is 1. The number of hydrogen-bond donors (Lipinski definition) is 1. The first-order chi connectivity index (χ1) is 15.0. The molecule has 0 aliphatic carbocycles. The van der Waals surface area contributed by atoms with Crippen molar-refractivity contribution in [3.8, 4) is 0 Å². The highest BCUT2D eigenvalue weighted by atomic mass is 32.2. The molecule has 2 aromatic heterocycles. The third-order valence-corrected chi connectivity index (χ3v) is 5.83. The number of nitrogens with zero attached hydrogens (tertiary/aromatic N) is 4. The molecule has 0 aliphatic rings. The summed E-state index contributed by atoms with van der Waals surface area (Å²) < 4.78 is 3.25. The van der Waals surface area contributed by atoms with Crippen molar-refractivity contribution in [1.29, 1.82) is 0 Å². The van der Waals surface area contributed by atoms with Crippen molar-refractivity contribution < 1.29 is 4.79 Å². The van der Waals surface area contributed by atoms with Gasteiger partial charge in [-0.05, 0) is 31.5 Å². The van der Waals surface area contributed by atoms with Crippen molar-refractivity contribution in [2.24, 2.45) is 0 Å². The molecular weight excluding hydrogens is 410 g/mol. The van der Waals surface area contributed by atoms with Crippen molar-refractivity contribution >= 4 is 29.1 Å². The van der Waals surface area contributed by atoms with Crippen LogP contribution in [0.25, 0.3) is 5.78 Å². The van der Waals surface area contributed by atoms with E-state index in [-0.39, 0.29) is 17.5 Å². The van der Waals surface area contributed by atoms with E-state index in [0.29, 0.717) is 23.6 Å². The molecule has 1 amide bonds. The number of amides is 1. The van der Waals surface area contributed by atoms with E-state index in [4.69, 9.17) is 0 Å². The monoisotopic (exact) mass is 433 g/mol. The van der Waals surface area contributed by atoms with Crippen molar-refractivity contribution in [3.63, 3.8) is 0 Å². The van der Waals surface area contributed by atoms with Gasteiger partial charge in [0.1, 0.15) is 6.33 Å². The van der Waals surface area contributed by atoms with Crippen LogP contribution in [0.5, 0.6) is 0 Å². The van der Waals surface area contributed by atoms with Crippen LogP contribution in [-0.4, -0.2) is 25.1 Å². The fourth-order valence-corrected chi connectivity index (χ4v) is 4.14. The summed E-state index contributed by atoms with van der Waals surface area (Å²) in [5.41, 5.74) is 2.20. The molecule has 31 heavy (non-hydrogen) atoms. The molecule has 7 nitrogen and oxygen atoms in total. The standard InChI is InChI=1S/C23H23N5O2S/c1-16(2)27-15-24-23-25-18(13-22(30)28(23)27)14-31-20-11-7-6-10-19(20)26-21(29)12-17-8-4-3-5-9-17/h3-11,13,15-16H,12,14H2,1-2H3,(H,26,29). The fourth-order valence-electron chi connectivity index (χ4n) is 3.23. The van der Waals surface area contributed by atoms with Gasteiger partial charge in [-0.1, -0.05) is 42.5 Å². The van der Waals surface area contributed by atoms with E-state index in [1.54, 1.807) is 11.0 Å². The summed E-state index contributed by atoms with van der Waals surface area (Å²) in [4.78, 5) is 34.7. The van der Waals surface area contributed by atoms with E-state index in [1.165, 1.54) is 22.3 Å². The summed E-state index contributed by atoms with van der Waals surface area (Å²) in [7, 11) is 0. The topological polar surface area (TPSA) is 81.3 Å². The lowest BCUT2D eigenvalue weighted by Crippen LogP contribution is -2.22. The SMILES string of the molecule is CC(C)n1cnc2nc(CSc3ccccc3NC(=O)Cc3ccccc3)cc(=O)n21. The Kier molecular flexibility index (Phi) is 6.18. The number of thioether (sulfide) groups is 1. The average Bonchev–Trinajstić information content (AvgIpc) is 3.19. The molecule has 158 valence electrons. The number of carbonyl (C=O) groups excluding carboxylic acids is 1. The van der Waals surface area contributed by atoms with Gasteiger partial charge in [-0.15, -0.1) is 11.8 Å². The number of hydrogen-bond acceptors (Lipinski definition) is 5. The first-order valence-electron chi connectivity index (χ1n) is 10.0. The van der Waals surface area contributed by atoms with Crippen LogP contribution in [-0.2, 0) is 17.0 Å². The second-order valence-corrected chi connectivity index (χ2v) is 8.43. The smallest absolute Gasteiger partial charge is 0.274 e. The number of rotatable bonds is 7. The van der Waals surface area contributed by atoms with Crippen LogP contribution in [0.4, 0.5) is 5.69 Å². The van der Waals surface area contributed by atoms with Gasteiger partial charge in [-0.3, -0.25) is 14.3 Å². The van der Waals surface area contributed by atoms with E-state index in [0.717, 1.165) is 16.1 Å². The quantitative estimate of drug-likeness (QED) is 0.447. The molecular formula is C23H23N5O2S. The lowest BCUT2D eigenvalue weighted by molar-refractivity contribution is -0.115. The van der Waals surface area contributed by atoms with Gasteiger partial charge in [0.2, 0.25) is 5.91 Å². The number of fused-ring (bicyclic) bond motifs is 1. The molecule has 0 saturated heterocycles. The van der Waals surface area contributed by atoms with Crippen molar-refractivity contribution in [2.75, 3.05) is 5.32 Å². The second-order valence-electron chi connectivity index (χ2n) is 7.41. The lowest BCUT2D eigenvalue weighted by Gasteiger charge is -2.11. The predicted octanol–water partition coefficient (Wildman–Crippen LogP) is 3.95. The highest BCUT2D eigenvalue weighted by Crippen LogP contribution is 2.29. The molecule has 0 saturated carbocycles. The summed E-state index contributed by atoms with van der Waals surface area (Å²) in [5.74, 6) is 0.809. The van der Waals surface area contributed by atoms with Gasteiger partial charge < -0.3 is 5.32 Å². The normalized spacial score (nSPS) is 11.2. The maximum absolute atomic E-state index is 12.6. The Morgan fingerprint density at radius 1 is 1.10 bits per heavy atom. The van der Waals surface area contributed by atoms with Crippen LogP contribution in [0.1, 0.15) is 31.1 Å². The van der Waals surface area contributed by atoms with Crippen LogP contribution < -0.4 is 10.9 Å². The zero-order valence-electron chi connectivity index (χ0n) is 17.4. The number of nitrogens with one attached hydrogen (secondary N) is 1. The molecule has 2 heterocycles. The van der Waals surface area contributed by atoms with Gasteiger partial charge >= 0.3 is 0 Å². The van der Waals surface area contributed by atoms with Crippen LogP contribution >= 0.6 is 11.8 Å². The molecule has 0 atom stereocenters. The van der Waals surface area contributed by atoms with Gasteiger partial charge in [-0.2, -0.15) is 9.50 Å². The van der Waals surface area contributed by atoms with E-state index >= 15 is 0 Å².